The second-order valence-electron chi connectivity index (χ2n) is 5.24. The molecule has 3 aromatic rings. The summed E-state index contributed by atoms with van der Waals surface area (Å²) in [5, 5.41) is 14.8. The first-order valence-corrected chi connectivity index (χ1v) is 9.53. The van der Waals surface area contributed by atoms with Crippen molar-refractivity contribution in [1.82, 2.24) is 5.43 Å². The van der Waals surface area contributed by atoms with Crippen molar-refractivity contribution < 1.29 is 19.1 Å². The van der Waals surface area contributed by atoms with Crippen LogP contribution in [0.3, 0.4) is 0 Å². The summed E-state index contributed by atoms with van der Waals surface area (Å²) in [6, 6.07) is 10.5. The lowest BCUT2D eigenvalue weighted by atomic mass is 10.2. The van der Waals surface area contributed by atoms with Gasteiger partial charge in [-0.2, -0.15) is 5.10 Å². The molecule has 3 rings (SSSR count). The van der Waals surface area contributed by atoms with Gasteiger partial charge in [0, 0.05) is 15.4 Å². The van der Waals surface area contributed by atoms with Crippen LogP contribution in [-0.4, -0.2) is 23.8 Å². The Morgan fingerprint density at radius 1 is 1.42 bits per heavy atom. The molecule has 0 spiro atoms. The van der Waals surface area contributed by atoms with Gasteiger partial charge in [-0.25, -0.2) is 5.43 Å². The lowest BCUT2D eigenvalue weighted by Crippen LogP contribution is -2.16. The molecule has 0 atom stereocenters. The molecule has 134 valence electrons. The van der Waals surface area contributed by atoms with E-state index in [1.54, 1.807) is 24.3 Å². The van der Waals surface area contributed by atoms with Crippen LogP contribution in [-0.2, 0) is 0 Å². The Kier molecular flexibility index (Phi) is 5.82. The van der Waals surface area contributed by atoms with Crippen LogP contribution >= 0.6 is 38.5 Å². The predicted octanol–water partition coefficient (Wildman–Crippen LogP) is 4.67. The number of aromatic hydroxyl groups is 1. The molecule has 26 heavy (non-hydrogen) atoms. The highest BCUT2D eigenvalue weighted by Crippen LogP contribution is 2.29. The molecule has 0 unspecified atom stereocenters. The SMILES string of the molecule is CCOc1cccc(/C=N\NC(=O)c2cc3cc(Br)cc(I)c3o2)c1O. The predicted molar refractivity (Wildman–Crippen MR) is 111 cm³/mol. The number of hydrogen-bond donors (Lipinski definition) is 2. The maximum Gasteiger partial charge on any atom is 0.307 e. The second-order valence-corrected chi connectivity index (χ2v) is 7.32. The number of hydrogen-bond acceptors (Lipinski definition) is 5. The molecule has 1 aromatic heterocycles. The van der Waals surface area contributed by atoms with E-state index in [2.05, 4.69) is 49.0 Å². The van der Waals surface area contributed by atoms with Gasteiger partial charge in [0.15, 0.2) is 17.3 Å². The van der Waals surface area contributed by atoms with Gasteiger partial charge >= 0.3 is 5.91 Å². The molecule has 0 saturated carbocycles. The minimum absolute atomic E-state index is 0.0320. The van der Waals surface area contributed by atoms with Crippen molar-refractivity contribution >= 4 is 61.6 Å². The van der Waals surface area contributed by atoms with Crippen LogP contribution in [0.1, 0.15) is 23.0 Å². The minimum atomic E-state index is -0.482. The fourth-order valence-electron chi connectivity index (χ4n) is 2.32. The Labute approximate surface area is 171 Å². The number of para-hydroxylation sites is 1. The summed E-state index contributed by atoms with van der Waals surface area (Å²) < 4.78 is 12.7. The van der Waals surface area contributed by atoms with E-state index in [1.807, 2.05) is 19.1 Å². The quantitative estimate of drug-likeness (QED) is 0.286. The number of halogens is 2. The van der Waals surface area contributed by atoms with Crippen LogP contribution in [0, 0.1) is 3.57 Å². The molecule has 6 nitrogen and oxygen atoms in total. The highest BCUT2D eigenvalue weighted by molar-refractivity contribution is 14.1. The first-order chi connectivity index (χ1) is 12.5. The number of ether oxygens (including phenoxy) is 1. The van der Waals surface area contributed by atoms with Crippen molar-refractivity contribution in [3.8, 4) is 11.5 Å². The number of furan rings is 1. The number of hydrazone groups is 1. The summed E-state index contributed by atoms with van der Waals surface area (Å²) in [5.74, 6) is 0.000910. The molecule has 1 amide bonds. The summed E-state index contributed by atoms with van der Waals surface area (Å²) in [7, 11) is 0. The first-order valence-electron chi connectivity index (χ1n) is 7.66. The molecule has 0 fully saturated rings. The Morgan fingerprint density at radius 2 is 2.23 bits per heavy atom. The zero-order valence-electron chi connectivity index (χ0n) is 13.6. The third kappa shape index (κ3) is 4.01. The molecular formula is C18H14BrIN2O4. The molecule has 1 heterocycles. The summed E-state index contributed by atoms with van der Waals surface area (Å²) in [6.45, 7) is 2.26. The van der Waals surface area contributed by atoms with Gasteiger partial charge in [0.05, 0.1) is 16.4 Å². The van der Waals surface area contributed by atoms with Crippen LogP contribution in [0.25, 0.3) is 11.0 Å². The monoisotopic (exact) mass is 528 g/mol. The Bertz CT molecular complexity index is 1000. The van der Waals surface area contributed by atoms with Crippen LogP contribution in [0.5, 0.6) is 11.5 Å². The van der Waals surface area contributed by atoms with E-state index in [9.17, 15) is 9.90 Å². The zero-order valence-corrected chi connectivity index (χ0v) is 17.4. The number of nitrogens with one attached hydrogen (secondary N) is 1. The van der Waals surface area contributed by atoms with Gasteiger partial charge in [0.1, 0.15) is 5.58 Å². The topological polar surface area (TPSA) is 84.1 Å². The average molecular weight is 529 g/mol. The molecular weight excluding hydrogens is 515 g/mol. The van der Waals surface area contributed by atoms with E-state index in [0.717, 1.165) is 13.4 Å². The van der Waals surface area contributed by atoms with Crippen molar-refractivity contribution in [2.24, 2.45) is 5.10 Å². The molecule has 0 aliphatic carbocycles. The number of benzene rings is 2. The highest BCUT2D eigenvalue weighted by atomic mass is 127. The van der Waals surface area contributed by atoms with E-state index in [0.29, 0.717) is 23.5 Å². The van der Waals surface area contributed by atoms with E-state index in [1.165, 1.54) is 6.21 Å². The lowest BCUT2D eigenvalue weighted by molar-refractivity contribution is 0.0929. The van der Waals surface area contributed by atoms with Crippen molar-refractivity contribution in [2.75, 3.05) is 6.61 Å². The maximum atomic E-state index is 12.2. The maximum absolute atomic E-state index is 12.2. The number of amides is 1. The van der Waals surface area contributed by atoms with E-state index in [-0.39, 0.29) is 11.5 Å². The van der Waals surface area contributed by atoms with Gasteiger partial charge in [-0.15, -0.1) is 0 Å². The molecule has 0 saturated heterocycles. The Morgan fingerprint density at radius 3 is 3.00 bits per heavy atom. The number of phenolic OH excluding ortho intramolecular Hbond substituents is 1. The second kappa shape index (κ2) is 8.09. The van der Waals surface area contributed by atoms with Gasteiger partial charge in [0.2, 0.25) is 0 Å². The highest BCUT2D eigenvalue weighted by Gasteiger charge is 2.14. The van der Waals surface area contributed by atoms with Gasteiger partial charge in [-0.05, 0) is 59.8 Å². The van der Waals surface area contributed by atoms with Crippen molar-refractivity contribution in [3.63, 3.8) is 0 Å². The van der Waals surface area contributed by atoms with Gasteiger partial charge < -0.3 is 14.3 Å². The van der Waals surface area contributed by atoms with Gasteiger partial charge in [0.25, 0.3) is 0 Å². The third-order valence-corrected chi connectivity index (χ3v) is 4.72. The lowest BCUT2D eigenvalue weighted by Gasteiger charge is -2.06. The van der Waals surface area contributed by atoms with Crippen molar-refractivity contribution in [3.05, 3.63) is 55.8 Å². The normalized spacial score (nSPS) is 11.2. The Hall–Kier alpha value is -2.07. The largest absolute Gasteiger partial charge is 0.504 e. The van der Waals surface area contributed by atoms with E-state index in [4.69, 9.17) is 9.15 Å². The summed E-state index contributed by atoms with van der Waals surface area (Å²) in [6.07, 6.45) is 1.35. The van der Waals surface area contributed by atoms with Crippen molar-refractivity contribution in [1.29, 1.82) is 0 Å². The molecule has 2 aromatic carbocycles. The van der Waals surface area contributed by atoms with Gasteiger partial charge in [-0.1, -0.05) is 22.0 Å². The zero-order chi connectivity index (χ0) is 18.7. The smallest absolute Gasteiger partial charge is 0.307 e. The van der Waals surface area contributed by atoms with Crippen LogP contribution in [0.15, 0.2) is 50.4 Å². The van der Waals surface area contributed by atoms with Crippen LogP contribution < -0.4 is 10.2 Å². The number of carbonyl (C=O) groups excluding carboxylic acids is 1. The Balaban J connectivity index is 1.76. The fraction of sp³-hybridized carbons (Fsp3) is 0.111. The number of phenols is 1. The molecule has 0 bridgehead atoms. The third-order valence-electron chi connectivity index (χ3n) is 3.46. The minimum Gasteiger partial charge on any atom is -0.504 e. The van der Waals surface area contributed by atoms with Gasteiger partial charge in [-0.3, -0.25) is 4.79 Å². The summed E-state index contributed by atoms with van der Waals surface area (Å²) >= 11 is 5.56. The summed E-state index contributed by atoms with van der Waals surface area (Å²) in [4.78, 5) is 12.2. The molecule has 2 N–H and O–H groups in total. The fourth-order valence-corrected chi connectivity index (χ4v) is 3.98. The first kappa shape index (κ1) is 18.7. The number of carbonyl (C=O) groups is 1. The van der Waals surface area contributed by atoms with Crippen LogP contribution in [0.2, 0.25) is 0 Å². The summed E-state index contributed by atoms with van der Waals surface area (Å²) in [5.41, 5.74) is 3.47. The van der Waals surface area contributed by atoms with Crippen LogP contribution in [0.4, 0.5) is 0 Å². The van der Waals surface area contributed by atoms with Crippen molar-refractivity contribution in [2.45, 2.75) is 6.92 Å². The number of rotatable bonds is 5. The standard InChI is InChI=1S/C18H14BrIN2O4/c1-2-25-14-5-3-4-10(16(14)23)9-21-22-18(24)15-7-11-6-12(19)8-13(20)17(11)26-15/h3-9,23H,2H2,1H3,(H,22,24)/b21-9-. The molecule has 0 aliphatic heterocycles. The van der Waals surface area contributed by atoms with E-state index < -0.39 is 5.91 Å². The molecule has 0 radical (unpaired) electrons. The molecule has 0 aliphatic rings. The number of fused-ring (bicyclic) bond motifs is 1. The molecule has 8 heteroatoms. The number of nitrogens with zero attached hydrogens (tertiary/aromatic N) is 1. The van der Waals surface area contributed by atoms with E-state index >= 15 is 0 Å². The average Bonchev–Trinajstić information content (AvgIpc) is 3.02.